The molecule has 9 heteroatoms. The van der Waals surface area contributed by atoms with Crippen molar-refractivity contribution in [1.29, 1.82) is 0 Å². The number of imidazole rings is 1. The second-order valence-electron chi connectivity index (χ2n) is 4.59. The number of hydrogen-bond donors (Lipinski definition) is 1. The van der Waals surface area contributed by atoms with Crippen molar-refractivity contribution in [3.63, 3.8) is 0 Å². The molecule has 0 aliphatic carbocycles. The summed E-state index contributed by atoms with van der Waals surface area (Å²) in [5.41, 5.74) is 7.38. The zero-order valence-electron chi connectivity index (χ0n) is 12.5. The van der Waals surface area contributed by atoms with Crippen molar-refractivity contribution in [3.05, 3.63) is 63.7 Å². The minimum absolute atomic E-state index is 0.0922. The van der Waals surface area contributed by atoms with Crippen molar-refractivity contribution in [2.45, 2.75) is 0 Å². The first-order chi connectivity index (χ1) is 11.5. The van der Waals surface area contributed by atoms with Gasteiger partial charge < -0.3 is 10.5 Å². The lowest BCUT2D eigenvalue weighted by atomic mass is 10.2. The van der Waals surface area contributed by atoms with Crippen LogP contribution in [-0.2, 0) is 0 Å². The average molecular weight is 349 g/mol. The summed E-state index contributed by atoms with van der Waals surface area (Å²) in [5.74, 6) is 0.0922. The number of carbonyl (C=O) groups excluding carboxylic acids is 1. The van der Waals surface area contributed by atoms with Gasteiger partial charge in [-0.05, 0) is 35.9 Å². The van der Waals surface area contributed by atoms with E-state index in [0.717, 1.165) is 5.52 Å². The van der Waals surface area contributed by atoms with E-state index in [1.807, 2.05) is 12.1 Å². The van der Waals surface area contributed by atoms with Gasteiger partial charge in [-0.15, -0.1) is 0 Å². The van der Waals surface area contributed by atoms with Crippen molar-refractivity contribution in [2.24, 2.45) is 0 Å². The lowest BCUT2D eigenvalue weighted by Gasteiger charge is -2.00. The number of aldehydes is 1. The number of nitrogen functional groups attached to an aromatic ring is 1. The zero-order chi connectivity index (χ0) is 17.7. The van der Waals surface area contributed by atoms with E-state index in [2.05, 4.69) is 4.98 Å². The highest BCUT2D eigenvalue weighted by molar-refractivity contribution is 6.28. The van der Waals surface area contributed by atoms with E-state index in [4.69, 9.17) is 22.1 Å². The normalized spacial score (nSPS) is 9.92. The molecule has 3 aromatic rings. The molecule has 0 atom stereocenters. The van der Waals surface area contributed by atoms with Crippen LogP contribution in [0.1, 0.15) is 10.4 Å². The minimum Gasteiger partial charge on any atom is -0.490 e. The number of benzene rings is 1. The first-order valence-corrected chi connectivity index (χ1v) is 6.99. The number of fused-ring (bicyclic) bond motifs is 1. The number of nitro groups is 1. The lowest BCUT2D eigenvalue weighted by Crippen LogP contribution is -1.94. The Morgan fingerprint density at radius 1 is 1.38 bits per heavy atom. The van der Waals surface area contributed by atoms with Gasteiger partial charge in [-0.1, -0.05) is 0 Å². The van der Waals surface area contributed by atoms with E-state index in [1.54, 1.807) is 16.8 Å². The number of nitrogens with two attached hydrogens (primary N) is 1. The number of nitro benzene ring substituents is 1. The Balaban J connectivity index is 0.000000175. The number of rotatable bonds is 3. The van der Waals surface area contributed by atoms with Gasteiger partial charge in [0.05, 0.1) is 23.7 Å². The molecule has 0 saturated carbocycles. The van der Waals surface area contributed by atoms with E-state index in [-0.39, 0.29) is 11.4 Å². The van der Waals surface area contributed by atoms with Gasteiger partial charge in [-0.25, -0.2) is 4.98 Å². The molecule has 0 aliphatic rings. The molecule has 0 unspecified atom stereocenters. The van der Waals surface area contributed by atoms with Gasteiger partial charge >= 0.3 is 5.69 Å². The monoisotopic (exact) mass is 348 g/mol. The van der Waals surface area contributed by atoms with Crippen LogP contribution in [0.15, 0.2) is 42.7 Å². The van der Waals surface area contributed by atoms with E-state index >= 15 is 0 Å². The first kappa shape index (κ1) is 17.2. The number of methoxy groups -OCH3 is 1. The fourth-order valence-electron chi connectivity index (χ4n) is 1.89. The Bertz CT molecular complexity index is 894. The van der Waals surface area contributed by atoms with Crippen LogP contribution < -0.4 is 10.5 Å². The molecule has 3 rings (SSSR count). The zero-order valence-corrected chi connectivity index (χ0v) is 13.3. The van der Waals surface area contributed by atoms with E-state index in [1.165, 1.54) is 25.3 Å². The van der Waals surface area contributed by atoms with Crippen LogP contribution in [0.25, 0.3) is 5.52 Å². The van der Waals surface area contributed by atoms with Crippen LogP contribution in [0, 0.1) is 10.1 Å². The van der Waals surface area contributed by atoms with Crippen molar-refractivity contribution in [3.8, 4) is 5.75 Å². The second kappa shape index (κ2) is 7.42. The molecule has 0 radical (unpaired) electrons. The topological polar surface area (TPSA) is 113 Å². The van der Waals surface area contributed by atoms with Gasteiger partial charge in [0.15, 0.2) is 5.75 Å². The summed E-state index contributed by atoms with van der Waals surface area (Å²) in [4.78, 5) is 24.1. The molecule has 124 valence electrons. The molecule has 1 aromatic carbocycles. The SMILES string of the molecule is COc1cc(C=O)ccc1[N+](=O)[O-].Nc1ccc2cnc(Cl)n2c1. The maximum Gasteiger partial charge on any atom is 0.310 e. The molecule has 2 N–H and O–H groups in total. The van der Waals surface area contributed by atoms with Gasteiger partial charge in [0.1, 0.15) is 6.29 Å². The van der Waals surface area contributed by atoms with Gasteiger partial charge in [0.2, 0.25) is 5.28 Å². The molecule has 2 heterocycles. The third kappa shape index (κ3) is 3.79. The Kier molecular flexibility index (Phi) is 5.33. The Labute approximate surface area is 141 Å². The molecule has 0 amide bonds. The van der Waals surface area contributed by atoms with Gasteiger partial charge in [-0.3, -0.25) is 19.3 Å². The molecule has 8 nitrogen and oxygen atoms in total. The number of anilines is 1. The quantitative estimate of drug-likeness (QED) is 0.442. The molecule has 0 spiro atoms. The van der Waals surface area contributed by atoms with Crippen molar-refractivity contribution < 1.29 is 14.5 Å². The number of ether oxygens (including phenoxy) is 1. The number of hydrogen-bond acceptors (Lipinski definition) is 6. The summed E-state index contributed by atoms with van der Waals surface area (Å²) in [5, 5.41) is 10.9. The van der Waals surface area contributed by atoms with Gasteiger partial charge in [0.25, 0.3) is 0 Å². The Morgan fingerprint density at radius 3 is 2.75 bits per heavy atom. The average Bonchev–Trinajstić information content (AvgIpc) is 2.95. The van der Waals surface area contributed by atoms with Crippen LogP contribution in [0.5, 0.6) is 5.75 Å². The largest absolute Gasteiger partial charge is 0.490 e. The van der Waals surface area contributed by atoms with Gasteiger partial charge in [-0.2, -0.15) is 0 Å². The predicted octanol–water partition coefficient (Wildman–Crippen LogP) is 2.99. The summed E-state index contributed by atoms with van der Waals surface area (Å²) >= 11 is 5.74. The van der Waals surface area contributed by atoms with Crippen LogP contribution >= 0.6 is 11.6 Å². The van der Waals surface area contributed by atoms with Crippen LogP contribution in [0.4, 0.5) is 11.4 Å². The van der Waals surface area contributed by atoms with Gasteiger partial charge in [0, 0.05) is 23.5 Å². The Morgan fingerprint density at radius 2 is 2.12 bits per heavy atom. The third-order valence-corrected chi connectivity index (χ3v) is 3.32. The highest BCUT2D eigenvalue weighted by atomic mass is 35.5. The summed E-state index contributed by atoms with van der Waals surface area (Å²) in [6.45, 7) is 0. The number of carbonyl (C=O) groups is 1. The molecular weight excluding hydrogens is 336 g/mol. The van der Waals surface area contributed by atoms with Crippen molar-refractivity contribution >= 4 is 34.8 Å². The molecule has 0 fully saturated rings. The number of aromatic nitrogens is 2. The Hall–Kier alpha value is -3.13. The molecule has 0 bridgehead atoms. The highest BCUT2D eigenvalue weighted by Crippen LogP contribution is 2.26. The fourth-order valence-corrected chi connectivity index (χ4v) is 2.09. The van der Waals surface area contributed by atoms with E-state index < -0.39 is 4.92 Å². The third-order valence-electron chi connectivity index (χ3n) is 3.04. The van der Waals surface area contributed by atoms with Crippen molar-refractivity contribution in [1.82, 2.24) is 9.38 Å². The molecule has 0 saturated heterocycles. The first-order valence-electron chi connectivity index (χ1n) is 6.62. The van der Waals surface area contributed by atoms with E-state index in [9.17, 15) is 14.9 Å². The molecule has 2 aromatic heterocycles. The van der Waals surface area contributed by atoms with Crippen LogP contribution in [0.3, 0.4) is 0 Å². The highest BCUT2D eigenvalue weighted by Gasteiger charge is 2.13. The lowest BCUT2D eigenvalue weighted by molar-refractivity contribution is -0.385. The minimum atomic E-state index is -0.562. The number of halogens is 1. The summed E-state index contributed by atoms with van der Waals surface area (Å²) in [6.07, 6.45) is 4.04. The molecular formula is C15H13ClN4O4. The van der Waals surface area contributed by atoms with Crippen LogP contribution in [-0.4, -0.2) is 27.7 Å². The summed E-state index contributed by atoms with van der Waals surface area (Å²) in [7, 11) is 1.32. The number of nitrogens with zero attached hydrogens (tertiary/aromatic N) is 3. The number of pyridine rings is 1. The summed E-state index contributed by atoms with van der Waals surface area (Å²) < 4.78 is 6.48. The summed E-state index contributed by atoms with van der Waals surface area (Å²) in [6, 6.07) is 7.61. The van der Waals surface area contributed by atoms with E-state index in [0.29, 0.717) is 22.8 Å². The maximum atomic E-state index is 10.4. The van der Waals surface area contributed by atoms with Crippen LogP contribution in [0.2, 0.25) is 5.28 Å². The fraction of sp³-hybridized carbons (Fsp3) is 0.0667. The molecule has 0 aliphatic heterocycles. The van der Waals surface area contributed by atoms with Crippen molar-refractivity contribution in [2.75, 3.05) is 12.8 Å². The predicted molar refractivity (Wildman–Crippen MR) is 89.7 cm³/mol. The smallest absolute Gasteiger partial charge is 0.310 e. The second-order valence-corrected chi connectivity index (χ2v) is 4.93. The standard InChI is InChI=1S/C8H7NO4.C7H6ClN3/c1-13-8-4-6(5-10)2-3-7(8)9(11)12;8-7-10-3-6-2-1-5(9)4-11(6)7/h2-5H,1H3;1-4H,9H2. The maximum absolute atomic E-state index is 10.4. The molecule has 24 heavy (non-hydrogen) atoms.